The molecule has 0 bridgehead atoms. The summed E-state index contributed by atoms with van der Waals surface area (Å²) in [6, 6.07) is 23.2. The van der Waals surface area contributed by atoms with Crippen molar-refractivity contribution in [3.8, 4) is 0 Å². The normalized spacial score (nSPS) is 16.1. The highest BCUT2D eigenvalue weighted by molar-refractivity contribution is 7.89. The van der Waals surface area contributed by atoms with Gasteiger partial charge in [0.05, 0.1) is 28.8 Å². The van der Waals surface area contributed by atoms with Gasteiger partial charge in [0.1, 0.15) is 6.04 Å². The quantitative estimate of drug-likeness (QED) is 0.0770. The maximum Gasteiger partial charge on any atom is 0.321 e. The van der Waals surface area contributed by atoms with Crippen LogP contribution in [0.15, 0.2) is 101 Å². The Kier molecular flexibility index (Phi) is 13.2. The molecule has 13 heteroatoms. The van der Waals surface area contributed by atoms with E-state index < -0.39 is 34.1 Å². The van der Waals surface area contributed by atoms with Gasteiger partial charge in [-0.1, -0.05) is 99.9 Å². The number of nitrogens with one attached hydrogen (secondary N) is 1. The molecule has 1 saturated heterocycles. The van der Waals surface area contributed by atoms with Crippen LogP contribution in [-0.4, -0.2) is 100 Å². The summed E-state index contributed by atoms with van der Waals surface area (Å²) in [6.07, 6.45) is 2.52. The fourth-order valence-electron chi connectivity index (χ4n) is 6.74. The van der Waals surface area contributed by atoms with E-state index >= 15 is 0 Å². The molecular weight excluding hydrogens is 693 g/mol. The molecule has 0 spiro atoms. The van der Waals surface area contributed by atoms with Gasteiger partial charge in [0.15, 0.2) is 0 Å². The topological polar surface area (TPSA) is 156 Å². The summed E-state index contributed by atoms with van der Waals surface area (Å²) in [5.74, 6) is -0.663. The smallest absolute Gasteiger partial charge is 0.321 e. The van der Waals surface area contributed by atoms with Crippen molar-refractivity contribution in [2.45, 2.75) is 70.2 Å². The molecular formula is C40H50N6O6S. The standard InChI is InChI=1S/C40H50N6O6S/c1-5-29(4)38(46-21-20-44(40(46)49)26-32-13-16-33-12-9-19-41-35(33)23-32)39(48)43-36(22-30-10-7-6-8-11-30)37(47)27-45(25-28(2)3)53(51,52)34-17-14-31(15-18-34)24-42-50/h6-19,23-24,28-29,36-38,47,50H,5,20-22,25-27H2,1-4H3,(H,43,48)/t29-,36-,37+,38-/m0/s1. The number of carbonyl (C=O) groups is 2. The number of benzene rings is 3. The van der Waals surface area contributed by atoms with E-state index in [1.165, 1.54) is 34.8 Å². The molecule has 5 rings (SSSR count). The van der Waals surface area contributed by atoms with Crippen molar-refractivity contribution in [1.82, 2.24) is 24.4 Å². The predicted molar refractivity (Wildman–Crippen MR) is 205 cm³/mol. The Morgan fingerprint density at radius 1 is 0.981 bits per heavy atom. The first-order valence-electron chi connectivity index (χ1n) is 18.1. The number of hydrogen-bond acceptors (Lipinski definition) is 8. The molecule has 0 aliphatic carbocycles. The van der Waals surface area contributed by atoms with Crippen LogP contribution in [0.5, 0.6) is 0 Å². The Bertz CT molecular complexity index is 1970. The minimum Gasteiger partial charge on any atom is -0.411 e. The summed E-state index contributed by atoms with van der Waals surface area (Å²) in [5, 5.41) is 27.8. The number of nitrogens with zero attached hydrogens (tertiary/aromatic N) is 5. The summed E-state index contributed by atoms with van der Waals surface area (Å²) in [6.45, 7) is 8.74. The number of fused-ring (bicyclic) bond motifs is 1. The molecule has 4 atom stereocenters. The number of pyridine rings is 1. The van der Waals surface area contributed by atoms with E-state index in [9.17, 15) is 23.1 Å². The third kappa shape index (κ3) is 9.78. The number of oxime groups is 1. The van der Waals surface area contributed by atoms with Gasteiger partial charge in [0, 0.05) is 44.3 Å². The van der Waals surface area contributed by atoms with Crippen molar-refractivity contribution in [2.75, 3.05) is 26.2 Å². The number of carbonyl (C=O) groups excluding carboxylic acids is 2. The molecule has 0 unspecified atom stereocenters. The van der Waals surface area contributed by atoms with Crippen LogP contribution >= 0.6 is 0 Å². The van der Waals surface area contributed by atoms with Crippen molar-refractivity contribution in [1.29, 1.82) is 0 Å². The van der Waals surface area contributed by atoms with Gasteiger partial charge in [-0.15, -0.1) is 0 Å². The fourth-order valence-corrected chi connectivity index (χ4v) is 8.36. The maximum absolute atomic E-state index is 14.4. The average molecular weight is 743 g/mol. The SMILES string of the molecule is CC[C@H](C)[C@@H](C(=O)N[C@@H](Cc1ccccc1)[C@H](O)CN(CC(C)C)S(=O)(=O)c1ccc(C=NO)cc1)N1CCN(Cc2ccc3cccnc3c2)C1=O. The highest BCUT2D eigenvalue weighted by Crippen LogP contribution is 2.25. The Morgan fingerprint density at radius 2 is 1.72 bits per heavy atom. The molecule has 2 heterocycles. The highest BCUT2D eigenvalue weighted by Gasteiger charge is 2.41. The lowest BCUT2D eigenvalue weighted by molar-refractivity contribution is -0.128. The second kappa shape index (κ2) is 17.8. The average Bonchev–Trinajstić information content (AvgIpc) is 3.49. The number of sulfonamides is 1. The van der Waals surface area contributed by atoms with E-state index in [1.54, 1.807) is 16.0 Å². The van der Waals surface area contributed by atoms with Gasteiger partial charge in [-0.3, -0.25) is 9.78 Å². The lowest BCUT2D eigenvalue weighted by atomic mass is 9.95. The number of aliphatic hydroxyl groups is 1. The van der Waals surface area contributed by atoms with Crippen LogP contribution in [0.4, 0.5) is 4.79 Å². The van der Waals surface area contributed by atoms with Gasteiger partial charge in [0.25, 0.3) is 0 Å². The number of amides is 3. The maximum atomic E-state index is 14.4. The molecule has 1 fully saturated rings. The molecule has 12 nitrogen and oxygen atoms in total. The van der Waals surface area contributed by atoms with Crippen molar-refractivity contribution >= 4 is 39.1 Å². The molecule has 1 aromatic heterocycles. The summed E-state index contributed by atoms with van der Waals surface area (Å²) in [7, 11) is -4.06. The molecule has 53 heavy (non-hydrogen) atoms. The molecule has 1 aliphatic rings. The predicted octanol–water partition coefficient (Wildman–Crippen LogP) is 5.13. The molecule has 1 aliphatic heterocycles. The van der Waals surface area contributed by atoms with Gasteiger partial charge < -0.3 is 25.4 Å². The number of aromatic nitrogens is 1. The molecule has 3 amide bonds. The largest absolute Gasteiger partial charge is 0.411 e. The highest BCUT2D eigenvalue weighted by atomic mass is 32.2. The van der Waals surface area contributed by atoms with E-state index in [2.05, 4.69) is 15.5 Å². The van der Waals surface area contributed by atoms with Crippen LogP contribution in [-0.2, 0) is 27.8 Å². The molecule has 0 saturated carbocycles. The van der Waals surface area contributed by atoms with E-state index in [4.69, 9.17) is 5.21 Å². The first-order valence-corrected chi connectivity index (χ1v) is 19.5. The Labute approximate surface area is 312 Å². The minimum atomic E-state index is -4.06. The van der Waals surface area contributed by atoms with Crippen molar-refractivity contribution in [3.05, 3.63) is 108 Å². The molecule has 4 aromatic rings. The number of aliphatic hydroxyl groups excluding tert-OH is 1. The van der Waals surface area contributed by atoms with Gasteiger partial charge >= 0.3 is 6.03 Å². The molecule has 3 N–H and O–H groups in total. The van der Waals surface area contributed by atoms with Crippen LogP contribution in [0.1, 0.15) is 50.8 Å². The van der Waals surface area contributed by atoms with Gasteiger partial charge in [0.2, 0.25) is 15.9 Å². The second-order valence-electron chi connectivity index (χ2n) is 14.2. The summed E-state index contributed by atoms with van der Waals surface area (Å²) >= 11 is 0. The van der Waals surface area contributed by atoms with E-state index in [-0.39, 0.29) is 42.3 Å². The summed E-state index contributed by atoms with van der Waals surface area (Å²) in [5.41, 5.74) is 3.16. The van der Waals surface area contributed by atoms with Crippen LogP contribution in [0.25, 0.3) is 10.9 Å². The monoisotopic (exact) mass is 742 g/mol. The van der Waals surface area contributed by atoms with Crippen LogP contribution < -0.4 is 5.32 Å². The van der Waals surface area contributed by atoms with Gasteiger partial charge in [-0.25, -0.2) is 13.2 Å². The van der Waals surface area contributed by atoms with Crippen LogP contribution in [0.2, 0.25) is 0 Å². The lowest BCUT2D eigenvalue weighted by Crippen LogP contribution is -2.57. The zero-order valence-electron chi connectivity index (χ0n) is 30.7. The van der Waals surface area contributed by atoms with Gasteiger partial charge in [-0.2, -0.15) is 4.31 Å². The van der Waals surface area contributed by atoms with E-state index in [1.807, 2.05) is 88.4 Å². The summed E-state index contributed by atoms with van der Waals surface area (Å²) in [4.78, 5) is 36.1. The zero-order chi connectivity index (χ0) is 38.1. The number of hydrogen-bond donors (Lipinski definition) is 3. The molecule has 0 radical (unpaired) electrons. The van der Waals surface area contributed by atoms with Crippen LogP contribution in [0, 0.1) is 11.8 Å². The van der Waals surface area contributed by atoms with Crippen molar-refractivity contribution in [2.24, 2.45) is 17.0 Å². The number of rotatable bonds is 17. The van der Waals surface area contributed by atoms with Crippen molar-refractivity contribution < 1.29 is 28.3 Å². The van der Waals surface area contributed by atoms with Crippen LogP contribution in [0.3, 0.4) is 0 Å². The fraction of sp³-hybridized carbons (Fsp3) is 0.400. The zero-order valence-corrected chi connectivity index (χ0v) is 31.6. The van der Waals surface area contributed by atoms with Gasteiger partial charge in [-0.05, 0) is 59.2 Å². The Balaban J connectivity index is 1.37. The number of urea groups is 1. The summed E-state index contributed by atoms with van der Waals surface area (Å²) < 4.78 is 29.1. The Morgan fingerprint density at radius 3 is 2.40 bits per heavy atom. The van der Waals surface area contributed by atoms with E-state index in [0.717, 1.165) is 22.0 Å². The molecule has 3 aromatic carbocycles. The lowest BCUT2D eigenvalue weighted by Gasteiger charge is -2.35. The third-order valence-corrected chi connectivity index (χ3v) is 11.6. The first kappa shape index (κ1) is 39.4. The molecule has 282 valence electrons. The Hall–Kier alpha value is -4.85. The second-order valence-corrected chi connectivity index (χ2v) is 16.1. The third-order valence-electron chi connectivity index (χ3n) is 9.73. The first-order chi connectivity index (χ1) is 25.4. The van der Waals surface area contributed by atoms with Crippen molar-refractivity contribution in [3.63, 3.8) is 0 Å². The van der Waals surface area contributed by atoms with E-state index in [0.29, 0.717) is 31.6 Å². The minimum absolute atomic E-state index is 0.0259.